The first kappa shape index (κ1) is 19.6. The lowest BCUT2D eigenvalue weighted by molar-refractivity contribution is -0.384. The molecule has 1 heterocycles. The van der Waals surface area contributed by atoms with Gasteiger partial charge in [-0.15, -0.1) is 0 Å². The highest BCUT2D eigenvalue weighted by Gasteiger charge is 2.52. The van der Waals surface area contributed by atoms with Crippen molar-refractivity contribution in [1.29, 1.82) is 0 Å². The zero-order valence-electron chi connectivity index (χ0n) is 13.6. The summed E-state index contributed by atoms with van der Waals surface area (Å²) in [4.78, 5) is 35.7. The number of likely N-dealkylation sites (tertiary alicyclic amines) is 1. The summed E-state index contributed by atoms with van der Waals surface area (Å²) in [5.41, 5.74) is 0.174. The summed E-state index contributed by atoms with van der Waals surface area (Å²) in [5, 5.41) is 19.6. The van der Waals surface area contributed by atoms with Crippen LogP contribution in [0.2, 0.25) is 0 Å². The molecule has 1 aromatic rings. The van der Waals surface area contributed by atoms with Crippen molar-refractivity contribution in [2.45, 2.75) is 6.18 Å². The maximum absolute atomic E-state index is 13.0. The highest BCUT2D eigenvalue weighted by molar-refractivity contribution is 5.94. The van der Waals surface area contributed by atoms with Gasteiger partial charge in [-0.25, -0.2) is 0 Å². The van der Waals surface area contributed by atoms with Crippen molar-refractivity contribution >= 4 is 23.3 Å². The van der Waals surface area contributed by atoms with Gasteiger partial charge in [0.2, 0.25) is 5.91 Å². The van der Waals surface area contributed by atoms with Gasteiger partial charge in [-0.3, -0.25) is 24.6 Å². The standard InChI is InChI=1S/C15H16F3N3O5/c1-19(9-2-4-10(5-3-9)21(25)26)13(22)8-20-6-11(14(23)24)12(7-20)15(16,17)18/h2-5,11-12H,6-8H2,1H3,(H,23,24)/t11-,12-/m1/s1. The zero-order chi connectivity index (χ0) is 19.6. The molecule has 0 aromatic heterocycles. The Morgan fingerprint density at radius 1 is 1.31 bits per heavy atom. The lowest BCUT2D eigenvalue weighted by Crippen LogP contribution is -2.38. The molecule has 11 heteroatoms. The molecular weight excluding hydrogens is 359 g/mol. The average Bonchev–Trinajstić information content (AvgIpc) is 2.98. The number of non-ortho nitro benzene ring substituents is 1. The predicted molar refractivity (Wildman–Crippen MR) is 83.6 cm³/mol. The largest absolute Gasteiger partial charge is 0.481 e. The number of amides is 1. The van der Waals surface area contributed by atoms with Crippen LogP contribution >= 0.6 is 0 Å². The summed E-state index contributed by atoms with van der Waals surface area (Å²) in [5.74, 6) is -5.75. The fourth-order valence-corrected chi connectivity index (χ4v) is 2.84. The number of nitrogens with zero attached hydrogens (tertiary/aromatic N) is 3. The molecular formula is C15H16F3N3O5. The van der Waals surface area contributed by atoms with Crippen molar-refractivity contribution in [1.82, 2.24) is 4.90 Å². The van der Waals surface area contributed by atoms with Crippen LogP contribution in [0.25, 0.3) is 0 Å². The number of carboxylic acids is 1. The summed E-state index contributed by atoms with van der Waals surface area (Å²) < 4.78 is 38.9. The maximum Gasteiger partial charge on any atom is 0.393 e. The predicted octanol–water partition coefficient (Wildman–Crippen LogP) is 1.75. The third-order valence-electron chi connectivity index (χ3n) is 4.31. The number of benzene rings is 1. The number of nitro benzene ring substituents is 1. The fourth-order valence-electron chi connectivity index (χ4n) is 2.84. The summed E-state index contributed by atoms with van der Waals surface area (Å²) in [6, 6.07) is 5.10. The number of likely N-dealkylation sites (N-methyl/N-ethyl adjacent to an activating group) is 1. The third kappa shape index (κ3) is 4.28. The third-order valence-corrected chi connectivity index (χ3v) is 4.31. The van der Waals surface area contributed by atoms with Gasteiger partial charge in [-0.05, 0) is 12.1 Å². The monoisotopic (exact) mass is 375 g/mol. The van der Waals surface area contributed by atoms with Crippen molar-refractivity contribution in [2.24, 2.45) is 11.8 Å². The molecule has 0 unspecified atom stereocenters. The summed E-state index contributed by atoms with van der Waals surface area (Å²) in [6.45, 7) is -1.33. The second-order valence-corrected chi connectivity index (χ2v) is 6.01. The molecule has 2 atom stereocenters. The van der Waals surface area contributed by atoms with Gasteiger partial charge in [-0.1, -0.05) is 0 Å². The van der Waals surface area contributed by atoms with Gasteiger partial charge in [0.05, 0.1) is 23.3 Å². The molecule has 2 rings (SSSR count). The SMILES string of the molecule is CN(C(=O)CN1C[C@@H](C(F)(F)F)[C@H](C(=O)O)C1)c1ccc([N+](=O)[O-])cc1. The number of carbonyl (C=O) groups is 2. The van der Waals surface area contributed by atoms with E-state index < -0.39 is 41.4 Å². The van der Waals surface area contributed by atoms with Crippen LogP contribution in [0.15, 0.2) is 24.3 Å². The Hall–Kier alpha value is -2.69. The molecule has 26 heavy (non-hydrogen) atoms. The van der Waals surface area contributed by atoms with Crippen molar-refractivity contribution < 1.29 is 32.8 Å². The van der Waals surface area contributed by atoms with Gasteiger partial charge in [0.1, 0.15) is 0 Å². The molecule has 1 N–H and O–H groups in total. The first-order valence-electron chi connectivity index (χ1n) is 7.53. The molecule has 1 aliphatic rings. The van der Waals surface area contributed by atoms with Crippen LogP contribution in [0.5, 0.6) is 0 Å². The number of nitro groups is 1. The van der Waals surface area contributed by atoms with E-state index in [2.05, 4.69) is 0 Å². The topological polar surface area (TPSA) is 104 Å². The van der Waals surface area contributed by atoms with Crippen molar-refractivity contribution in [3.63, 3.8) is 0 Å². The van der Waals surface area contributed by atoms with Crippen LogP contribution in [-0.2, 0) is 9.59 Å². The lowest BCUT2D eigenvalue weighted by Gasteiger charge is -2.22. The Balaban J connectivity index is 2.05. The Bertz CT molecular complexity index is 707. The molecule has 0 saturated carbocycles. The number of alkyl halides is 3. The summed E-state index contributed by atoms with van der Waals surface area (Å²) in [7, 11) is 1.38. The molecule has 0 aliphatic carbocycles. The quantitative estimate of drug-likeness (QED) is 0.621. The van der Waals surface area contributed by atoms with Gasteiger partial charge in [0.25, 0.3) is 5.69 Å². The molecule has 8 nitrogen and oxygen atoms in total. The number of aliphatic carboxylic acids is 1. The smallest absolute Gasteiger partial charge is 0.393 e. The Morgan fingerprint density at radius 3 is 2.31 bits per heavy atom. The number of carboxylic acid groups (broad SMARTS) is 1. The molecule has 1 aliphatic heterocycles. The number of carbonyl (C=O) groups excluding carboxylic acids is 1. The van der Waals surface area contributed by atoms with E-state index in [0.717, 1.165) is 9.80 Å². The number of hydrogen-bond donors (Lipinski definition) is 1. The lowest BCUT2D eigenvalue weighted by atomic mass is 9.96. The van der Waals surface area contributed by atoms with Gasteiger partial charge < -0.3 is 10.0 Å². The Labute approximate surface area is 145 Å². The fraction of sp³-hybridized carbons (Fsp3) is 0.467. The average molecular weight is 375 g/mol. The van der Waals surface area contributed by atoms with Crippen LogP contribution in [-0.4, -0.2) is 59.7 Å². The minimum Gasteiger partial charge on any atom is -0.481 e. The minimum absolute atomic E-state index is 0.161. The van der Waals surface area contributed by atoms with E-state index >= 15 is 0 Å². The van der Waals surface area contributed by atoms with Crippen molar-refractivity contribution in [2.75, 3.05) is 31.6 Å². The first-order chi connectivity index (χ1) is 12.0. The highest BCUT2D eigenvalue weighted by atomic mass is 19.4. The second-order valence-electron chi connectivity index (χ2n) is 6.01. The number of anilines is 1. The van der Waals surface area contributed by atoms with Gasteiger partial charge in [0.15, 0.2) is 0 Å². The molecule has 1 saturated heterocycles. The number of rotatable bonds is 5. The van der Waals surface area contributed by atoms with E-state index in [-0.39, 0.29) is 18.8 Å². The van der Waals surface area contributed by atoms with Gasteiger partial charge in [-0.2, -0.15) is 13.2 Å². The van der Waals surface area contributed by atoms with Crippen molar-refractivity contribution in [3.8, 4) is 0 Å². The summed E-state index contributed by atoms with van der Waals surface area (Å²) >= 11 is 0. The molecule has 0 radical (unpaired) electrons. The van der Waals surface area contributed by atoms with Crippen molar-refractivity contribution in [3.05, 3.63) is 34.4 Å². The Kier molecular flexibility index (Phi) is 5.50. The van der Waals surface area contributed by atoms with E-state index in [1.165, 1.54) is 31.3 Å². The van der Waals surface area contributed by atoms with E-state index in [9.17, 15) is 32.9 Å². The van der Waals surface area contributed by atoms with E-state index in [0.29, 0.717) is 5.69 Å². The Morgan fingerprint density at radius 2 is 1.88 bits per heavy atom. The minimum atomic E-state index is -4.66. The van der Waals surface area contributed by atoms with Gasteiger partial charge >= 0.3 is 12.1 Å². The number of hydrogen-bond acceptors (Lipinski definition) is 5. The molecule has 0 spiro atoms. The van der Waals surface area contributed by atoms with Crippen LogP contribution < -0.4 is 4.90 Å². The zero-order valence-corrected chi connectivity index (χ0v) is 13.6. The first-order valence-corrected chi connectivity index (χ1v) is 7.53. The molecule has 1 amide bonds. The van der Waals surface area contributed by atoms with E-state index in [4.69, 9.17) is 5.11 Å². The van der Waals surface area contributed by atoms with Crippen LogP contribution in [0, 0.1) is 22.0 Å². The number of halogens is 3. The molecule has 142 valence electrons. The molecule has 1 fully saturated rings. The van der Waals surface area contributed by atoms with Crippen LogP contribution in [0.1, 0.15) is 0 Å². The van der Waals surface area contributed by atoms with Gasteiger partial charge in [0, 0.05) is 38.0 Å². The maximum atomic E-state index is 13.0. The molecule has 1 aromatic carbocycles. The highest BCUT2D eigenvalue weighted by Crippen LogP contribution is 2.37. The summed E-state index contributed by atoms with van der Waals surface area (Å²) in [6.07, 6.45) is -4.66. The second kappa shape index (κ2) is 7.28. The van der Waals surface area contributed by atoms with Crippen LogP contribution in [0.4, 0.5) is 24.5 Å². The normalized spacial score (nSPS) is 20.8. The van der Waals surface area contributed by atoms with E-state index in [1.54, 1.807) is 0 Å². The van der Waals surface area contributed by atoms with E-state index in [1.807, 2.05) is 0 Å². The molecule has 0 bridgehead atoms. The van der Waals surface area contributed by atoms with Crippen LogP contribution in [0.3, 0.4) is 0 Å².